The standard InChI is InChI=1S/C5H10N2/c1-2-3-4-5(6-3)7-4/h3-7H,2H2,1H3/t3?,4?,5-/m1/s1. The lowest BCUT2D eigenvalue weighted by Gasteiger charge is -2.21. The van der Waals surface area contributed by atoms with E-state index in [9.17, 15) is 0 Å². The molecule has 2 nitrogen and oxygen atoms in total. The largest absolute Gasteiger partial charge is 0.296 e. The molecule has 0 bridgehead atoms. The van der Waals surface area contributed by atoms with Gasteiger partial charge in [0.05, 0.1) is 12.2 Å². The molecule has 0 aromatic carbocycles. The Morgan fingerprint density at radius 1 is 1.43 bits per heavy atom. The monoisotopic (exact) mass is 98.1 g/mol. The summed E-state index contributed by atoms with van der Waals surface area (Å²) < 4.78 is 0. The van der Waals surface area contributed by atoms with Crippen molar-refractivity contribution in [3.8, 4) is 0 Å². The van der Waals surface area contributed by atoms with Gasteiger partial charge in [0.1, 0.15) is 0 Å². The topological polar surface area (TPSA) is 34.0 Å². The minimum absolute atomic E-state index is 0.713. The lowest BCUT2D eigenvalue weighted by Crippen LogP contribution is -2.47. The Morgan fingerprint density at radius 2 is 2.29 bits per heavy atom. The Kier molecular flexibility index (Phi) is 0.557. The maximum absolute atomic E-state index is 3.36. The van der Waals surface area contributed by atoms with Crippen molar-refractivity contribution in [2.75, 3.05) is 0 Å². The average Bonchev–Trinajstić information content (AvgIpc) is 2.18. The summed E-state index contributed by atoms with van der Waals surface area (Å²) in [6.07, 6.45) is 1.98. The van der Waals surface area contributed by atoms with Gasteiger partial charge in [-0.1, -0.05) is 6.92 Å². The van der Waals surface area contributed by atoms with Crippen molar-refractivity contribution in [3.63, 3.8) is 0 Å². The molecule has 2 saturated heterocycles. The van der Waals surface area contributed by atoms with Gasteiger partial charge in [0.2, 0.25) is 0 Å². The van der Waals surface area contributed by atoms with E-state index in [0.29, 0.717) is 6.17 Å². The number of rotatable bonds is 1. The highest BCUT2D eigenvalue weighted by atomic mass is 15.4. The van der Waals surface area contributed by atoms with Crippen molar-refractivity contribution in [2.45, 2.75) is 31.6 Å². The zero-order chi connectivity index (χ0) is 4.85. The first-order valence-electron chi connectivity index (χ1n) is 2.94. The first kappa shape index (κ1) is 3.87. The average molecular weight is 98.1 g/mol. The Morgan fingerprint density at radius 3 is 2.43 bits per heavy atom. The quantitative estimate of drug-likeness (QED) is 0.440. The fourth-order valence-corrected chi connectivity index (χ4v) is 1.24. The number of fused-ring (bicyclic) bond motifs is 1. The molecule has 2 fully saturated rings. The first-order chi connectivity index (χ1) is 3.42. The molecule has 0 aliphatic carbocycles. The Balaban J connectivity index is 1.92. The second kappa shape index (κ2) is 1.01. The Hall–Kier alpha value is -0.0800. The number of nitrogens with one attached hydrogen (secondary N) is 2. The summed E-state index contributed by atoms with van der Waals surface area (Å²) in [6.45, 7) is 2.22. The second-order valence-electron chi connectivity index (χ2n) is 2.35. The summed E-state index contributed by atoms with van der Waals surface area (Å²) in [4.78, 5) is 0. The van der Waals surface area contributed by atoms with Crippen molar-refractivity contribution in [1.29, 1.82) is 0 Å². The molecule has 0 aromatic rings. The van der Waals surface area contributed by atoms with E-state index in [2.05, 4.69) is 17.6 Å². The summed E-state index contributed by atoms with van der Waals surface area (Å²) >= 11 is 0. The summed E-state index contributed by atoms with van der Waals surface area (Å²) in [6, 6.07) is 1.65. The van der Waals surface area contributed by atoms with Crippen molar-refractivity contribution >= 4 is 0 Å². The summed E-state index contributed by atoms with van der Waals surface area (Å²) in [5, 5.41) is 6.65. The van der Waals surface area contributed by atoms with Gasteiger partial charge in [-0.3, -0.25) is 10.6 Å². The van der Waals surface area contributed by atoms with Crippen LogP contribution in [0.4, 0.5) is 0 Å². The lowest BCUT2D eigenvalue weighted by atomic mass is 10.1. The summed E-state index contributed by atoms with van der Waals surface area (Å²) in [5.41, 5.74) is 0. The van der Waals surface area contributed by atoms with Gasteiger partial charge >= 0.3 is 0 Å². The van der Waals surface area contributed by atoms with Gasteiger partial charge in [0.15, 0.2) is 0 Å². The van der Waals surface area contributed by atoms with Gasteiger partial charge in [-0.2, -0.15) is 0 Å². The smallest absolute Gasteiger partial charge is 0.0752 e. The van der Waals surface area contributed by atoms with Gasteiger partial charge in [-0.15, -0.1) is 0 Å². The van der Waals surface area contributed by atoms with E-state index in [-0.39, 0.29) is 0 Å². The molecule has 2 unspecified atom stereocenters. The minimum atomic E-state index is 0.713. The SMILES string of the molecule is CCC1N[C@@H]2NC12. The van der Waals surface area contributed by atoms with Crippen LogP contribution in [0.5, 0.6) is 0 Å². The van der Waals surface area contributed by atoms with Crippen LogP contribution in [0.25, 0.3) is 0 Å². The molecule has 0 aromatic heterocycles. The lowest BCUT2D eigenvalue weighted by molar-refractivity contribution is 0.397. The van der Waals surface area contributed by atoms with Gasteiger partial charge in [0, 0.05) is 6.04 Å². The highest BCUT2D eigenvalue weighted by molar-refractivity contribution is 5.13. The molecule has 7 heavy (non-hydrogen) atoms. The molecule has 40 valence electrons. The normalized spacial score (nSPS) is 55.3. The van der Waals surface area contributed by atoms with Crippen LogP contribution in [0.2, 0.25) is 0 Å². The maximum Gasteiger partial charge on any atom is 0.0752 e. The van der Waals surface area contributed by atoms with Crippen LogP contribution in [0, 0.1) is 0 Å². The molecule has 2 aliphatic rings. The van der Waals surface area contributed by atoms with E-state index in [1.807, 2.05) is 0 Å². The van der Waals surface area contributed by atoms with Crippen LogP contribution < -0.4 is 10.6 Å². The molecule has 3 atom stereocenters. The molecule has 0 amide bonds. The predicted octanol–water partition coefficient (Wildman–Crippen LogP) is -0.334. The summed E-state index contributed by atoms with van der Waals surface area (Å²) in [5.74, 6) is 0. The molecule has 2 N–H and O–H groups in total. The van der Waals surface area contributed by atoms with Crippen LogP contribution in [0.1, 0.15) is 13.3 Å². The third kappa shape index (κ3) is 0.359. The zero-order valence-corrected chi connectivity index (χ0v) is 4.44. The van der Waals surface area contributed by atoms with E-state index in [4.69, 9.17) is 0 Å². The van der Waals surface area contributed by atoms with E-state index >= 15 is 0 Å². The van der Waals surface area contributed by atoms with Gasteiger partial charge in [0.25, 0.3) is 0 Å². The van der Waals surface area contributed by atoms with E-state index in [1.165, 1.54) is 6.42 Å². The molecule has 0 saturated carbocycles. The molecular weight excluding hydrogens is 88.1 g/mol. The Bertz CT molecular complexity index is 92.1. The Labute approximate surface area is 43.3 Å². The second-order valence-corrected chi connectivity index (χ2v) is 2.35. The molecule has 2 heteroatoms. The third-order valence-corrected chi connectivity index (χ3v) is 1.89. The number of hydrogen-bond donors (Lipinski definition) is 2. The zero-order valence-electron chi connectivity index (χ0n) is 4.44. The van der Waals surface area contributed by atoms with Gasteiger partial charge in [-0.05, 0) is 6.42 Å². The van der Waals surface area contributed by atoms with Crippen LogP contribution in [0.15, 0.2) is 0 Å². The predicted molar refractivity (Wildman–Crippen MR) is 27.9 cm³/mol. The molecule has 0 spiro atoms. The van der Waals surface area contributed by atoms with E-state index in [0.717, 1.165) is 12.1 Å². The fourth-order valence-electron chi connectivity index (χ4n) is 1.24. The maximum atomic E-state index is 3.36. The van der Waals surface area contributed by atoms with Gasteiger partial charge in [-0.25, -0.2) is 0 Å². The molecular formula is C5H10N2. The number of hydrogen-bond acceptors (Lipinski definition) is 2. The van der Waals surface area contributed by atoms with E-state index < -0.39 is 0 Å². The van der Waals surface area contributed by atoms with Crippen LogP contribution in [-0.4, -0.2) is 18.2 Å². The van der Waals surface area contributed by atoms with Crippen molar-refractivity contribution in [3.05, 3.63) is 0 Å². The highest BCUT2D eigenvalue weighted by Crippen LogP contribution is 2.25. The van der Waals surface area contributed by atoms with Gasteiger partial charge < -0.3 is 0 Å². The molecule has 2 aliphatic heterocycles. The molecule has 2 rings (SSSR count). The third-order valence-electron chi connectivity index (χ3n) is 1.89. The van der Waals surface area contributed by atoms with Crippen molar-refractivity contribution < 1.29 is 0 Å². The van der Waals surface area contributed by atoms with Crippen molar-refractivity contribution in [1.82, 2.24) is 10.6 Å². The molecule has 2 heterocycles. The molecule has 0 radical (unpaired) electrons. The summed E-state index contributed by atoms with van der Waals surface area (Å²) in [7, 11) is 0. The van der Waals surface area contributed by atoms with Crippen LogP contribution in [-0.2, 0) is 0 Å². The van der Waals surface area contributed by atoms with Crippen molar-refractivity contribution in [2.24, 2.45) is 0 Å². The fraction of sp³-hybridized carbons (Fsp3) is 1.00. The first-order valence-corrected chi connectivity index (χ1v) is 2.94. The van der Waals surface area contributed by atoms with Crippen LogP contribution >= 0.6 is 0 Å². The highest BCUT2D eigenvalue weighted by Gasteiger charge is 2.51. The van der Waals surface area contributed by atoms with Crippen LogP contribution in [0.3, 0.4) is 0 Å². The van der Waals surface area contributed by atoms with E-state index in [1.54, 1.807) is 0 Å². The minimum Gasteiger partial charge on any atom is -0.296 e.